The predicted octanol–water partition coefficient (Wildman–Crippen LogP) is 3.71. The third kappa shape index (κ3) is 4.90. The maximum Gasteiger partial charge on any atom is 0.244 e. The van der Waals surface area contributed by atoms with Crippen LogP contribution in [-0.2, 0) is 11.2 Å². The topological polar surface area (TPSA) is 29.1 Å². The van der Waals surface area contributed by atoms with Gasteiger partial charge in [-0.15, -0.1) is 0 Å². The Bertz CT molecular complexity index is 576. The summed E-state index contributed by atoms with van der Waals surface area (Å²) in [7, 11) is 0. The Hall–Kier alpha value is -2.06. The molecule has 0 spiro atoms. The van der Waals surface area contributed by atoms with E-state index in [4.69, 9.17) is 11.6 Å². The summed E-state index contributed by atoms with van der Waals surface area (Å²) in [6.45, 7) is 0.633. The lowest BCUT2D eigenvalue weighted by Crippen LogP contribution is -2.23. The third-order valence-electron chi connectivity index (χ3n) is 2.85. The van der Waals surface area contributed by atoms with Gasteiger partial charge in [0.25, 0.3) is 0 Å². The largest absolute Gasteiger partial charge is 0.352 e. The van der Waals surface area contributed by atoms with Gasteiger partial charge in [-0.25, -0.2) is 0 Å². The summed E-state index contributed by atoms with van der Waals surface area (Å²) in [4.78, 5) is 11.6. The zero-order chi connectivity index (χ0) is 14.2. The van der Waals surface area contributed by atoms with E-state index < -0.39 is 0 Å². The number of carbonyl (C=O) groups excluding carboxylic acids is 1. The Morgan fingerprint density at radius 2 is 1.75 bits per heavy atom. The maximum atomic E-state index is 11.6. The number of hydrogen-bond donors (Lipinski definition) is 1. The van der Waals surface area contributed by atoms with E-state index in [0.717, 1.165) is 12.0 Å². The molecule has 0 unspecified atom stereocenters. The van der Waals surface area contributed by atoms with Gasteiger partial charge in [0.05, 0.1) is 0 Å². The third-order valence-corrected chi connectivity index (χ3v) is 3.10. The standard InChI is InChI=1S/C17H16ClNO/c18-16-9-6-15(7-10-16)8-11-17(20)19-13-12-14-4-2-1-3-5-14/h1-11H,12-13H2,(H,19,20)/b11-8+. The van der Waals surface area contributed by atoms with Crippen LogP contribution < -0.4 is 5.32 Å². The fraction of sp³-hybridized carbons (Fsp3) is 0.118. The van der Waals surface area contributed by atoms with E-state index in [-0.39, 0.29) is 5.91 Å². The van der Waals surface area contributed by atoms with Crippen LogP contribution in [0.2, 0.25) is 5.02 Å². The number of hydrogen-bond acceptors (Lipinski definition) is 1. The van der Waals surface area contributed by atoms with Crippen LogP contribution >= 0.6 is 11.6 Å². The molecule has 0 saturated carbocycles. The van der Waals surface area contributed by atoms with Gasteiger partial charge in [-0.2, -0.15) is 0 Å². The molecule has 20 heavy (non-hydrogen) atoms. The van der Waals surface area contributed by atoms with Crippen molar-refractivity contribution in [3.05, 3.63) is 76.8 Å². The molecule has 0 heterocycles. The van der Waals surface area contributed by atoms with Gasteiger partial charge in [-0.3, -0.25) is 4.79 Å². The van der Waals surface area contributed by atoms with E-state index in [1.165, 1.54) is 11.6 Å². The minimum Gasteiger partial charge on any atom is -0.352 e. The lowest BCUT2D eigenvalue weighted by atomic mass is 10.1. The Labute approximate surface area is 124 Å². The molecule has 0 atom stereocenters. The highest BCUT2D eigenvalue weighted by atomic mass is 35.5. The molecule has 0 saturated heterocycles. The van der Waals surface area contributed by atoms with Gasteiger partial charge in [-0.1, -0.05) is 54.1 Å². The highest BCUT2D eigenvalue weighted by molar-refractivity contribution is 6.30. The second-order valence-electron chi connectivity index (χ2n) is 4.41. The smallest absolute Gasteiger partial charge is 0.244 e. The normalized spacial score (nSPS) is 10.7. The van der Waals surface area contributed by atoms with Gasteiger partial charge in [0.15, 0.2) is 0 Å². The quantitative estimate of drug-likeness (QED) is 0.834. The van der Waals surface area contributed by atoms with Gasteiger partial charge < -0.3 is 5.32 Å². The van der Waals surface area contributed by atoms with Crippen LogP contribution in [0.3, 0.4) is 0 Å². The molecule has 2 aromatic carbocycles. The molecular weight excluding hydrogens is 270 g/mol. The molecule has 3 heteroatoms. The lowest BCUT2D eigenvalue weighted by Gasteiger charge is -2.02. The highest BCUT2D eigenvalue weighted by Gasteiger charge is 1.96. The maximum absolute atomic E-state index is 11.6. The molecule has 2 nitrogen and oxygen atoms in total. The summed E-state index contributed by atoms with van der Waals surface area (Å²) in [5, 5.41) is 3.55. The molecule has 0 aliphatic heterocycles. The first kappa shape index (κ1) is 14.4. The van der Waals surface area contributed by atoms with Crippen LogP contribution in [0.15, 0.2) is 60.7 Å². The van der Waals surface area contributed by atoms with Crippen molar-refractivity contribution in [2.75, 3.05) is 6.54 Å². The van der Waals surface area contributed by atoms with Gasteiger partial charge in [0, 0.05) is 17.6 Å². The summed E-state index contributed by atoms with van der Waals surface area (Å²) in [5.41, 5.74) is 2.17. The van der Waals surface area contributed by atoms with Crippen molar-refractivity contribution < 1.29 is 4.79 Å². The van der Waals surface area contributed by atoms with Gasteiger partial charge in [-0.05, 0) is 35.8 Å². The van der Waals surface area contributed by atoms with Crippen LogP contribution in [0.1, 0.15) is 11.1 Å². The molecule has 0 bridgehead atoms. The van der Waals surface area contributed by atoms with Crippen molar-refractivity contribution in [1.29, 1.82) is 0 Å². The minimum absolute atomic E-state index is 0.0871. The molecule has 1 amide bonds. The fourth-order valence-electron chi connectivity index (χ4n) is 1.78. The van der Waals surface area contributed by atoms with E-state index in [2.05, 4.69) is 17.4 Å². The van der Waals surface area contributed by atoms with Crippen molar-refractivity contribution >= 4 is 23.6 Å². The summed E-state index contributed by atoms with van der Waals surface area (Å²) < 4.78 is 0. The van der Waals surface area contributed by atoms with Crippen molar-refractivity contribution in [3.63, 3.8) is 0 Å². The minimum atomic E-state index is -0.0871. The first-order chi connectivity index (χ1) is 9.74. The molecule has 0 fully saturated rings. The molecular formula is C17H16ClNO. The van der Waals surface area contributed by atoms with E-state index in [1.54, 1.807) is 18.2 Å². The van der Waals surface area contributed by atoms with Crippen LogP contribution in [0.5, 0.6) is 0 Å². The van der Waals surface area contributed by atoms with Crippen molar-refractivity contribution in [2.24, 2.45) is 0 Å². The first-order valence-electron chi connectivity index (χ1n) is 6.49. The molecule has 2 rings (SSSR count). The monoisotopic (exact) mass is 285 g/mol. The van der Waals surface area contributed by atoms with Gasteiger partial charge in [0.1, 0.15) is 0 Å². The van der Waals surface area contributed by atoms with E-state index >= 15 is 0 Å². The molecule has 2 aromatic rings. The number of halogens is 1. The molecule has 102 valence electrons. The number of amides is 1. The van der Waals surface area contributed by atoms with Gasteiger partial charge >= 0.3 is 0 Å². The zero-order valence-corrected chi connectivity index (χ0v) is 11.8. The van der Waals surface area contributed by atoms with E-state index in [1.807, 2.05) is 30.3 Å². The predicted molar refractivity (Wildman–Crippen MR) is 83.6 cm³/mol. The highest BCUT2D eigenvalue weighted by Crippen LogP contribution is 2.10. The lowest BCUT2D eigenvalue weighted by molar-refractivity contribution is -0.116. The molecule has 0 aromatic heterocycles. The molecule has 0 aliphatic rings. The number of carbonyl (C=O) groups is 1. The first-order valence-corrected chi connectivity index (χ1v) is 6.87. The van der Waals surface area contributed by atoms with E-state index in [0.29, 0.717) is 11.6 Å². The second kappa shape index (κ2) is 7.51. The Morgan fingerprint density at radius 1 is 1.05 bits per heavy atom. The van der Waals surface area contributed by atoms with Crippen LogP contribution in [-0.4, -0.2) is 12.5 Å². The van der Waals surface area contributed by atoms with E-state index in [9.17, 15) is 4.79 Å². The van der Waals surface area contributed by atoms with Crippen LogP contribution in [0, 0.1) is 0 Å². The number of nitrogens with one attached hydrogen (secondary N) is 1. The van der Waals surface area contributed by atoms with Crippen molar-refractivity contribution in [2.45, 2.75) is 6.42 Å². The molecule has 1 N–H and O–H groups in total. The molecule has 0 aliphatic carbocycles. The summed E-state index contributed by atoms with van der Waals surface area (Å²) >= 11 is 5.80. The van der Waals surface area contributed by atoms with Crippen molar-refractivity contribution in [1.82, 2.24) is 5.32 Å². The Morgan fingerprint density at radius 3 is 2.45 bits per heavy atom. The second-order valence-corrected chi connectivity index (χ2v) is 4.85. The van der Waals surface area contributed by atoms with Gasteiger partial charge in [0.2, 0.25) is 5.91 Å². The number of benzene rings is 2. The zero-order valence-electron chi connectivity index (χ0n) is 11.1. The Kier molecular flexibility index (Phi) is 5.39. The summed E-state index contributed by atoms with van der Waals surface area (Å²) in [6, 6.07) is 17.4. The van der Waals surface area contributed by atoms with Crippen LogP contribution in [0.25, 0.3) is 6.08 Å². The van der Waals surface area contributed by atoms with Crippen molar-refractivity contribution in [3.8, 4) is 0 Å². The Balaban J connectivity index is 1.76. The average Bonchev–Trinajstić information content (AvgIpc) is 2.48. The fourth-order valence-corrected chi connectivity index (χ4v) is 1.91. The molecule has 0 radical (unpaired) electrons. The van der Waals surface area contributed by atoms with Crippen LogP contribution in [0.4, 0.5) is 0 Å². The summed E-state index contributed by atoms with van der Waals surface area (Å²) in [5.74, 6) is -0.0871. The number of rotatable bonds is 5. The SMILES string of the molecule is O=C(/C=C/c1ccc(Cl)cc1)NCCc1ccccc1. The summed E-state index contributed by atoms with van der Waals surface area (Å²) in [6.07, 6.45) is 4.14. The average molecular weight is 286 g/mol.